The molecule has 4 rings (SSSR count). The summed E-state index contributed by atoms with van der Waals surface area (Å²) in [6.07, 6.45) is -13.1. The number of aliphatic carboxylic acids is 1. The number of aryl methyl sites for hydroxylation is 2. The van der Waals surface area contributed by atoms with Crippen LogP contribution in [0.4, 0.5) is 0 Å². The molecule has 2 aliphatic rings. The molecule has 2 aliphatic heterocycles. The lowest BCUT2D eigenvalue weighted by Crippen LogP contribution is -2.65. The molecular formula is C29H40N4O10. The van der Waals surface area contributed by atoms with Crippen LogP contribution in [0.5, 0.6) is 0 Å². The van der Waals surface area contributed by atoms with E-state index in [0.717, 1.165) is 5.56 Å². The summed E-state index contributed by atoms with van der Waals surface area (Å²) in [5.74, 6) is -2.37. The number of hydrogen-bond acceptors (Lipinski definition) is 13. The van der Waals surface area contributed by atoms with Gasteiger partial charge in [0, 0.05) is 17.9 Å². The Morgan fingerprint density at radius 3 is 2.02 bits per heavy atom. The largest absolute Gasteiger partial charge is 0.479 e. The Morgan fingerprint density at radius 1 is 0.837 bits per heavy atom. The summed E-state index contributed by atoms with van der Waals surface area (Å²) in [7, 11) is 0. The lowest BCUT2D eigenvalue weighted by molar-refractivity contribution is -0.330. The van der Waals surface area contributed by atoms with E-state index in [0.29, 0.717) is 23.6 Å². The number of Topliss-reactive ketones (excluding diaryl/α,β-unsaturated/α-hetero) is 1. The third-order valence-corrected chi connectivity index (χ3v) is 8.01. The standard InChI is InChI=1S/C29H40N4O10/c1-12(2)18-19(35)22(38)29(43-25-21(37)20(36)23(13(3)4)41-26(25)28(39)40)42-24(18)17(34)11-8-15-6-9-16(10-7-15)27-32-30-14(5)31-33-27/h6-7,9-10,12-13,18-26,29,35-38H,8,11H2,1-5H3,(H,39,40)/t18-,19?,20-,21?,22-,23-,24?,25-,26?,29-/m0/s1. The second kappa shape index (κ2) is 13.8. The van der Waals surface area contributed by atoms with Gasteiger partial charge in [-0.15, -0.1) is 20.4 Å². The van der Waals surface area contributed by atoms with Crippen molar-refractivity contribution in [3.63, 3.8) is 0 Å². The highest BCUT2D eigenvalue weighted by molar-refractivity contribution is 5.84. The fourth-order valence-electron chi connectivity index (χ4n) is 5.61. The number of benzene rings is 1. The SMILES string of the molecule is Cc1nnc(-c2ccc(CCC(=O)C3O[C@@H](O[C@@H]4C(C(=O)O)O[C@@H](C(C)C)[C@@H](O)C4O)[C@@H](O)C(O)[C@@H]3C(C)C)cc2)nn1. The number of ether oxygens (including phenoxy) is 3. The second-order valence-corrected chi connectivity index (χ2v) is 11.8. The predicted molar refractivity (Wildman–Crippen MR) is 148 cm³/mol. The number of carboxylic acid groups (broad SMARTS) is 1. The van der Waals surface area contributed by atoms with Gasteiger partial charge in [-0.2, -0.15) is 0 Å². The number of aliphatic hydroxyl groups is 4. The maximum atomic E-state index is 13.5. The Kier molecular flexibility index (Phi) is 10.5. The molecule has 236 valence electrons. The average molecular weight is 605 g/mol. The van der Waals surface area contributed by atoms with Gasteiger partial charge in [-0.25, -0.2) is 4.79 Å². The van der Waals surface area contributed by atoms with Crippen LogP contribution in [0.3, 0.4) is 0 Å². The van der Waals surface area contributed by atoms with Gasteiger partial charge in [-0.3, -0.25) is 4.79 Å². The Labute approximate surface area is 249 Å². The van der Waals surface area contributed by atoms with Crippen molar-refractivity contribution >= 4 is 11.8 Å². The summed E-state index contributed by atoms with van der Waals surface area (Å²) in [6, 6.07) is 7.23. The van der Waals surface area contributed by atoms with Gasteiger partial charge in [0.05, 0.1) is 12.2 Å². The van der Waals surface area contributed by atoms with E-state index in [1.807, 2.05) is 12.1 Å². The molecule has 3 heterocycles. The van der Waals surface area contributed by atoms with Crippen molar-refractivity contribution in [2.24, 2.45) is 17.8 Å². The number of aromatic nitrogens is 4. The fraction of sp³-hybridized carbons (Fsp3) is 0.655. The number of carbonyl (C=O) groups excluding carboxylic acids is 1. The number of carboxylic acids is 1. The van der Waals surface area contributed by atoms with Crippen LogP contribution < -0.4 is 0 Å². The van der Waals surface area contributed by atoms with Crippen molar-refractivity contribution in [1.29, 1.82) is 0 Å². The van der Waals surface area contributed by atoms with Crippen LogP contribution in [0.15, 0.2) is 24.3 Å². The number of ketones is 1. The lowest BCUT2D eigenvalue weighted by atomic mass is 9.78. The summed E-state index contributed by atoms with van der Waals surface area (Å²) in [5.41, 5.74) is 1.55. The quantitative estimate of drug-likeness (QED) is 0.243. The van der Waals surface area contributed by atoms with Crippen LogP contribution in [0.1, 0.15) is 45.5 Å². The fourth-order valence-corrected chi connectivity index (χ4v) is 5.61. The zero-order chi connectivity index (χ0) is 31.6. The maximum Gasteiger partial charge on any atom is 0.335 e. The van der Waals surface area contributed by atoms with Crippen molar-refractivity contribution in [1.82, 2.24) is 20.4 Å². The molecule has 0 aliphatic carbocycles. The molecule has 5 N–H and O–H groups in total. The van der Waals surface area contributed by atoms with Gasteiger partial charge < -0.3 is 39.7 Å². The van der Waals surface area contributed by atoms with Gasteiger partial charge in [0.2, 0.25) is 5.82 Å². The highest BCUT2D eigenvalue weighted by atomic mass is 16.7. The predicted octanol–water partition coefficient (Wildman–Crippen LogP) is 0.0776. The molecule has 2 aromatic rings. The molecule has 1 aromatic carbocycles. The lowest BCUT2D eigenvalue weighted by Gasteiger charge is -2.47. The zero-order valence-corrected chi connectivity index (χ0v) is 24.7. The number of carbonyl (C=O) groups is 2. The number of hydrogen-bond donors (Lipinski definition) is 5. The van der Waals surface area contributed by atoms with Crippen LogP contribution in [0.25, 0.3) is 11.4 Å². The van der Waals surface area contributed by atoms with Crippen LogP contribution in [0, 0.1) is 24.7 Å². The summed E-state index contributed by atoms with van der Waals surface area (Å²) in [6.45, 7) is 8.65. The van der Waals surface area contributed by atoms with E-state index >= 15 is 0 Å². The van der Waals surface area contributed by atoms with Crippen molar-refractivity contribution in [2.45, 2.75) is 103 Å². The summed E-state index contributed by atoms with van der Waals surface area (Å²) in [4.78, 5) is 25.5. The summed E-state index contributed by atoms with van der Waals surface area (Å²) in [5, 5.41) is 68.9. The molecular weight excluding hydrogens is 564 g/mol. The minimum Gasteiger partial charge on any atom is -0.479 e. The molecule has 1 aromatic heterocycles. The van der Waals surface area contributed by atoms with Gasteiger partial charge in [-0.05, 0) is 30.7 Å². The van der Waals surface area contributed by atoms with Gasteiger partial charge in [0.25, 0.3) is 0 Å². The van der Waals surface area contributed by atoms with Crippen molar-refractivity contribution in [3.8, 4) is 11.4 Å². The van der Waals surface area contributed by atoms with E-state index in [1.54, 1.807) is 46.8 Å². The molecule has 0 bridgehead atoms. The summed E-state index contributed by atoms with van der Waals surface area (Å²) >= 11 is 0. The second-order valence-electron chi connectivity index (χ2n) is 11.8. The summed E-state index contributed by atoms with van der Waals surface area (Å²) < 4.78 is 17.2. The Bertz CT molecular complexity index is 1240. The van der Waals surface area contributed by atoms with Crippen LogP contribution in [-0.2, 0) is 30.2 Å². The van der Waals surface area contributed by atoms with Crippen LogP contribution in [0.2, 0.25) is 0 Å². The van der Waals surface area contributed by atoms with E-state index in [-0.39, 0.29) is 24.0 Å². The van der Waals surface area contributed by atoms with Crippen molar-refractivity contribution in [3.05, 3.63) is 35.7 Å². The smallest absolute Gasteiger partial charge is 0.335 e. The minimum atomic E-state index is -1.70. The van der Waals surface area contributed by atoms with E-state index in [4.69, 9.17) is 14.2 Å². The molecule has 43 heavy (non-hydrogen) atoms. The third kappa shape index (κ3) is 7.23. The first-order valence-electron chi connectivity index (χ1n) is 14.4. The Hall–Kier alpha value is -2.98. The first-order chi connectivity index (χ1) is 20.3. The Morgan fingerprint density at radius 2 is 1.47 bits per heavy atom. The molecule has 0 spiro atoms. The number of nitrogens with zero attached hydrogens (tertiary/aromatic N) is 4. The van der Waals surface area contributed by atoms with E-state index < -0.39 is 67.0 Å². The minimum absolute atomic E-state index is 0.0363. The molecule has 14 nitrogen and oxygen atoms in total. The molecule has 0 amide bonds. The van der Waals surface area contributed by atoms with E-state index in [1.165, 1.54) is 0 Å². The van der Waals surface area contributed by atoms with Crippen LogP contribution in [-0.4, -0.2) is 113 Å². The van der Waals surface area contributed by atoms with Gasteiger partial charge >= 0.3 is 5.97 Å². The number of rotatable bonds is 10. The first kappa shape index (κ1) is 32.9. The molecule has 2 fully saturated rings. The monoisotopic (exact) mass is 604 g/mol. The number of aliphatic hydroxyl groups excluding tert-OH is 4. The molecule has 14 heteroatoms. The van der Waals surface area contributed by atoms with Gasteiger partial charge in [0.1, 0.15) is 30.5 Å². The molecule has 0 saturated carbocycles. The van der Waals surface area contributed by atoms with E-state index in [9.17, 15) is 35.1 Å². The Balaban J connectivity index is 1.48. The topological polar surface area (TPSA) is 215 Å². The molecule has 0 radical (unpaired) electrons. The molecule has 4 unspecified atom stereocenters. The van der Waals surface area contributed by atoms with Gasteiger partial charge in [-0.1, -0.05) is 52.0 Å². The van der Waals surface area contributed by atoms with Crippen molar-refractivity contribution < 1.29 is 49.3 Å². The zero-order valence-electron chi connectivity index (χ0n) is 24.7. The van der Waals surface area contributed by atoms with Crippen LogP contribution >= 0.6 is 0 Å². The normalized spacial score (nSPS) is 33.1. The maximum absolute atomic E-state index is 13.5. The highest BCUT2D eigenvalue weighted by Crippen LogP contribution is 2.36. The molecule has 10 atom stereocenters. The van der Waals surface area contributed by atoms with E-state index in [2.05, 4.69) is 20.4 Å². The highest BCUT2D eigenvalue weighted by Gasteiger charge is 2.54. The van der Waals surface area contributed by atoms with Gasteiger partial charge in [0.15, 0.2) is 24.0 Å². The first-order valence-corrected chi connectivity index (χ1v) is 14.4. The third-order valence-electron chi connectivity index (χ3n) is 8.01. The van der Waals surface area contributed by atoms with Crippen molar-refractivity contribution in [2.75, 3.05) is 0 Å². The molecule has 2 saturated heterocycles. The average Bonchev–Trinajstić information content (AvgIpc) is 2.96.